The van der Waals surface area contributed by atoms with Gasteiger partial charge in [0, 0.05) is 21.9 Å². The molecule has 0 spiro atoms. The van der Waals surface area contributed by atoms with E-state index in [1.807, 2.05) is 42.6 Å². The van der Waals surface area contributed by atoms with Crippen LogP contribution < -0.4 is 0 Å². The fourth-order valence-electron chi connectivity index (χ4n) is 2.85. The molecule has 2 aromatic heterocycles. The Morgan fingerprint density at radius 3 is 2.62 bits per heavy atom. The van der Waals surface area contributed by atoms with Crippen molar-refractivity contribution in [2.24, 2.45) is 0 Å². The van der Waals surface area contributed by atoms with Crippen LogP contribution in [0, 0.1) is 18.3 Å². The molecule has 4 aromatic rings. The minimum Gasteiger partial charge on any atom is -0.235 e. The number of allylic oxidation sites excluding steroid dienone is 1. The summed E-state index contributed by atoms with van der Waals surface area (Å²) in [5.41, 5.74) is 4.58. The summed E-state index contributed by atoms with van der Waals surface area (Å²) >= 11 is 19.8. The number of hydrogen-bond donors (Lipinski definition) is 0. The zero-order valence-corrected chi connectivity index (χ0v) is 18.2. The average molecular weight is 457 g/mol. The number of aryl methyl sites for hydroxylation is 1. The molecule has 0 fully saturated rings. The predicted octanol–water partition coefficient (Wildman–Crippen LogP) is 7.69. The predicted molar refractivity (Wildman–Crippen MR) is 123 cm³/mol. The summed E-state index contributed by atoms with van der Waals surface area (Å²) in [6, 6.07) is 15.4. The molecule has 2 heterocycles. The van der Waals surface area contributed by atoms with Gasteiger partial charge in [-0.15, -0.1) is 11.3 Å². The maximum Gasteiger partial charge on any atom is 0.137 e. The van der Waals surface area contributed by atoms with Crippen molar-refractivity contribution in [2.45, 2.75) is 6.92 Å². The normalized spacial score (nSPS) is 11.6. The van der Waals surface area contributed by atoms with Crippen LogP contribution in [0.4, 0.5) is 0 Å². The molecule has 4 rings (SSSR count). The number of thiazole rings is 1. The van der Waals surface area contributed by atoms with E-state index in [0.29, 0.717) is 31.3 Å². The second kappa shape index (κ2) is 8.14. The molecule has 0 radical (unpaired) electrons. The third kappa shape index (κ3) is 4.14. The fraction of sp³-hybridized carbons (Fsp3) is 0.0455. The molecule has 142 valence electrons. The number of hydrogen-bond acceptors (Lipinski definition) is 4. The molecule has 0 atom stereocenters. The number of nitriles is 1. The highest BCUT2D eigenvalue weighted by atomic mass is 35.5. The van der Waals surface area contributed by atoms with E-state index in [2.05, 4.69) is 16.0 Å². The van der Waals surface area contributed by atoms with Crippen molar-refractivity contribution in [2.75, 3.05) is 0 Å². The Labute approximate surface area is 186 Å². The maximum absolute atomic E-state index is 9.69. The van der Waals surface area contributed by atoms with E-state index >= 15 is 0 Å². The lowest BCUT2D eigenvalue weighted by atomic mass is 10.1. The van der Waals surface area contributed by atoms with Gasteiger partial charge in [0.25, 0.3) is 0 Å². The van der Waals surface area contributed by atoms with E-state index in [0.717, 1.165) is 27.7 Å². The van der Waals surface area contributed by atoms with Crippen molar-refractivity contribution in [3.8, 4) is 17.3 Å². The number of fused-ring (bicyclic) bond motifs is 1. The quantitative estimate of drug-likeness (QED) is 0.234. The Hall–Kier alpha value is -2.42. The highest BCUT2D eigenvalue weighted by molar-refractivity contribution is 7.11. The first kappa shape index (κ1) is 19.9. The van der Waals surface area contributed by atoms with Gasteiger partial charge in [-0.3, -0.25) is 0 Å². The van der Waals surface area contributed by atoms with Crippen LogP contribution in [-0.2, 0) is 0 Å². The van der Waals surface area contributed by atoms with Crippen LogP contribution in [0.5, 0.6) is 0 Å². The molecular formula is C22H12Cl3N3S. The maximum atomic E-state index is 9.69. The van der Waals surface area contributed by atoms with Crippen molar-refractivity contribution >= 4 is 68.7 Å². The first-order chi connectivity index (χ1) is 13.9. The molecule has 0 saturated heterocycles. The fourth-order valence-corrected chi connectivity index (χ4v) is 4.15. The standard InChI is InChI=1S/C22H12Cl3N3S/c1-12-2-3-13-7-15(21(25)27-19(13)6-12)8-16(10-26)22-28-20(11-29-22)14-4-5-17(23)18(24)9-14/h2-9,11H,1H3. The molecule has 7 heteroatoms. The van der Waals surface area contributed by atoms with Crippen LogP contribution >= 0.6 is 46.1 Å². The summed E-state index contributed by atoms with van der Waals surface area (Å²) in [7, 11) is 0. The third-order valence-corrected chi connectivity index (χ3v) is 6.24. The van der Waals surface area contributed by atoms with Gasteiger partial charge in [0.2, 0.25) is 0 Å². The van der Waals surface area contributed by atoms with Crippen LogP contribution in [0.3, 0.4) is 0 Å². The Morgan fingerprint density at radius 1 is 1.03 bits per heavy atom. The Kier molecular flexibility index (Phi) is 5.58. The Balaban J connectivity index is 1.73. The summed E-state index contributed by atoms with van der Waals surface area (Å²) in [6.45, 7) is 2.00. The van der Waals surface area contributed by atoms with E-state index in [4.69, 9.17) is 34.8 Å². The van der Waals surface area contributed by atoms with E-state index in [9.17, 15) is 5.26 Å². The lowest BCUT2D eigenvalue weighted by Crippen LogP contribution is -1.88. The van der Waals surface area contributed by atoms with Crippen molar-refractivity contribution < 1.29 is 0 Å². The van der Waals surface area contributed by atoms with Crippen LogP contribution in [-0.4, -0.2) is 9.97 Å². The zero-order chi connectivity index (χ0) is 20.5. The largest absolute Gasteiger partial charge is 0.235 e. The zero-order valence-electron chi connectivity index (χ0n) is 15.1. The smallest absolute Gasteiger partial charge is 0.137 e. The molecule has 0 aliphatic rings. The van der Waals surface area contributed by atoms with Gasteiger partial charge < -0.3 is 0 Å². The number of aromatic nitrogens is 2. The monoisotopic (exact) mass is 455 g/mol. The second-order valence-corrected chi connectivity index (χ2v) is 8.43. The highest BCUT2D eigenvalue weighted by Crippen LogP contribution is 2.32. The van der Waals surface area contributed by atoms with Crippen LogP contribution in [0.1, 0.15) is 16.1 Å². The Morgan fingerprint density at radius 2 is 1.86 bits per heavy atom. The van der Waals surface area contributed by atoms with Gasteiger partial charge in [0.1, 0.15) is 16.2 Å². The minimum absolute atomic E-state index is 0.345. The van der Waals surface area contributed by atoms with Crippen molar-refractivity contribution in [1.82, 2.24) is 9.97 Å². The van der Waals surface area contributed by atoms with Crippen molar-refractivity contribution in [1.29, 1.82) is 5.26 Å². The molecule has 0 aliphatic heterocycles. The minimum atomic E-state index is 0.345. The topological polar surface area (TPSA) is 49.6 Å². The second-order valence-electron chi connectivity index (χ2n) is 6.40. The number of rotatable bonds is 3. The molecule has 29 heavy (non-hydrogen) atoms. The van der Waals surface area contributed by atoms with E-state index in [1.165, 1.54) is 11.3 Å². The first-order valence-electron chi connectivity index (χ1n) is 8.54. The number of nitrogens with zero attached hydrogens (tertiary/aromatic N) is 3. The summed E-state index contributed by atoms with van der Waals surface area (Å²) in [5, 5.41) is 14.4. The first-order valence-corrected chi connectivity index (χ1v) is 10.6. The van der Waals surface area contributed by atoms with Gasteiger partial charge in [0.05, 0.1) is 26.8 Å². The molecule has 0 saturated carbocycles. The van der Waals surface area contributed by atoms with Crippen molar-refractivity contribution in [3.05, 3.63) is 79.2 Å². The molecule has 0 N–H and O–H groups in total. The van der Waals surface area contributed by atoms with E-state index in [-0.39, 0.29) is 0 Å². The lowest BCUT2D eigenvalue weighted by Gasteiger charge is -2.04. The highest BCUT2D eigenvalue weighted by Gasteiger charge is 2.12. The van der Waals surface area contributed by atoms with Gasteiger partial charge in [-0.1, -0.05) is 53.0 Å². The summed E-state index contributed by atoms with van der Waals surface area (Å²) in [6.07, 6.45) is 1.71. The molecule has 0 amide bonds. The average Bonchev–Trinajstić information content (AvgIpc) is 3.18. The van der Waals surface area contributed by atoms with Gasteiger partial charge in [-0.2, -0.15) is 5.26 Å². The van der Waals surface area contributed by atoms with E-state index in [1.54, 1.807) is 18.2 Å². The van der Waals surface area contributed by atoms with Gasteiger partial charge in [0.15, 0.2) is 0 Å². The lowest BCUT2D eigenvalue weighted by molar-refractivity contribution is 1.36. The SMILES string of the molecule is Cc1ccc2cc(C=C(C#N)c3nc(-c4ccc(Cl)c(Cl)c4)cs3)c(Cl)nc2c1. The van der Waals surface area contributed by atoms with E-state index < -0.39 is 0 Å². The summed E-state index contributed by atoms with van der Waals surface area (Å²) in [5.74, 6) is 0. The Bertz CT molecular complexity index is 1320. The molecule has 0 aliphatic carbocycles. The van der Waals surface area contributed by atoms with Gasteiger partial charge in [-0.25, -0.2) is 9.97 Å². The van der Waals surface area contributed by atoms with Gasteiger partial charge >= 0.3 is 0 Å². The van der Waals surface area contributed by atoms with Crippen molar-refractivity contribution in [3.63, 3.8) is 0 Å². The summed E-state index contributed by atoms with van der Waals surface area (Å²) < 4.78 is 0. The molecule has 2 aromatic carbocycles. The number of pyridine rings is 1. The molecule has 0 unspecified atom stereocenters. The number of halogens is 3. The molecule has 0 bridgehead atoms. The van der Waals surface area contributed by atoms with Crippen LogP contribution in [0.25, 0.3) is 33.8 Å². The summed E-state index contributed by atoms with van der Waals surface area (Å²) in [4.78, 5) is 9.04. The third-order valence-electron chi connectivity index (χ3n) is 4.32. The van der Waals surface area contributed by atoms with Crippen LogP contribution in [0.15, 0.2) is 47.8 Å². The van der Waals surface area contributed by atoms with Crippen LogP contribution in [0.2, 0.25) is 15.2 Å². The molecular weight excluding hydrogens is 445 g/mol. The van der Waals surface area contributed by atoms with Gasteiger partial charge in [-0.05, 0) is 42.8 Å². The number of benzene rings is 2. The molecule has 3 nitrogen and oxygen atoms in total.